The minimum absolute atomic E-state index is 0.0372. The van der Waals surface area contributed by atoms with Gasteiger partial charge in [-0.2, -0.15) is 0 Å². The summed E-state index contributed by atoms with van der Waals surface area (Å²) in [4.78, 5) is 24.7. The summed E-state index contributed by atoms with van der Waals surface area (Å²) in [7, 11) is 3.34. The van der Waals surface area contributed by atoms with Crippen LogP contribution < -0.4 is 10.1 Å². The van der Waals surface area contributed by atoms with Gasteiger partial charge in [0.05, 0.1) is 18.9 Å². The summed E-state index contributed by atoms with van der Waals surface area (Å²) in [6, 6.07) is 11.8. The molecule has 30 heavy (non-hydrogen) atoms. The summed E-state index contributed by atoms with van der Waals surface area (Å²) >= 11 is 1.27. The summed E-state index contributed by atoms with van der Waals surface area (Å²) in [5, 5.41) is 11.6. The Bertz CT molecular complexity index is 1040. The van der Waals surface area contributed by atoms with Crippen LogP contribution in [0.3, 0.4) is 0 Å². The quantitative estimate of drug-likeness (QED) is 0.437. The molecule has 0 fully saturated rings. The molecule has 156 valence electrons. The van der Waals surface area contributed by atoms with Crippen LogP contribution in [0.2, 0.25) is 0 Å². The van der Waals surface area contributed by atoms with E-state index in [1.165, 1.54) is 36.0 Å². The molecule has 0 aliphatic heterocycles. The molecule has 1 heterocycles. The highest BCUT2D eigenvalue weighted by Crippen LogP contribution is 2.21. The van der Waals surface area contributed by atoms with Crippen LogP contribution in [0.1, 0.15) is 39.5 Å². The predicted molar refractivity (Wildman–Crippen MR) is 111 cm³/mol. The maximum Gasteiger partial charge on any atom is 0.251 e. The van der Waals surface area contributed by atoms with Crippen LogP contribution in [0.4, 0.5) is 4.39 Å². The van der Waals surface area contributed by atoms with Crippen molar-refractivity contribution in [2.45, 2.75) is 18.1 Å². The molecule has 0 radical (unpaired) electrons. The highest BCUT2D eigenvalue weighted by molar-refractivity contribution is 7.99. The molecule has 0 saturated carbocycles. The van der Waals surface area contributed by atoms with Gasteiger partial charge < -0.3 is 14.6 Å². The third kappa shape index (κ3) is 5.04. The number of benzene rings is 2. The van der Waals surface area contributed by atoms with E-state index in [9.17, 15) is 14.0 Å². The van der Waals surface area contributed by atoms with Crippen LogP contribution in [-0.2, 0) is 7.05 Å². The van der Waals surface area contributed by atoms with Gasteiger partial charge in [0.1, 0.15) is 11.6 Å². The first-order chi connectivity index (χ1) is 14.4. The van der Waals surface area contributed by atoms with Gasteiger partial charge in [-0.25, -0.2) is 4.39 Å². The lowest BCUT2D eigenvalue weighted by Gasteiger charge is -2.13. The molecule has 0 spiro atoms. The monoisotopic (exact) mass is 428 g/mol. The van der Waals surface area contributed by atoms with Crippen LogP contribution in [0.25, 0.3) is 0 Å². The highest BCUT2D eigenvalue weighted by Gasteiger charge is 2.19. The Morgan fingerprint density at radius 3 is 2.37 bits per heavy atom. The van der Waals surface area contributed by atoms with E-state index >= 15 is 0 Å². The number of amides is 1. The Morgan fingerprint density at radius 2 is 1.73 bits per heavy atom. The van der Waals surface area contributed by atoms with E-state index in [4.69, 9.17) is 4.74 Å². The van der Waals surface area contributed by atoms with Crippen molar-refractivity contribution in [2.75, 3.05) is 12.9 Å². The average molecular weight is 428 g/mol. The molecule has 1 N–H and O–H groups in total. The Morgan fingerprint density at radius 1 is 1.10 bits per heavy atom. The van der Waals surface area contributed by atoms with Crippen LogP contribution >= 0.6 is 11.8 Å². The number of Topliss-reactive ketones (excluding diaryl/α,β-unsaturated/α-hetero) is 1. The molecular weight excluding hydrogens is 407 g/mol. The van der Waals surface area contributed by atoms with Crippen LogP contribution in [-0.4, -0.2) is 39.3 Å². The molecule has 3 rings (SSSR count). The molecule has 2 aromatic carbocycles. The predicted octanol–water partition coefficient (Wildman–Crippen LogP) is 3.43. The Kier molecular flexibility index (Phi) is 6.83. The van der Waals surface area contributed by atoms with Gasteiger partial charge in [-0.15, -0.1) is 10.2 Å². The second kappa shape index (κ2) is 9.53. The van der Waals surface area contributed by atoms with Crippen molar-refractivity contribution >= 4 is 23.5 Å². The number of rotatable bonds is 8. The zero-order valence-corrected chi connectivity index (χ0v) is 17.6. The lowest BCUT2D eigenvalue weighted by molar-refractivity contribution is 0.0937. The van der Waals surface area contributed by atoms with Gasteiger partial charge in [-0.1, -0.05) is 11.8 Å². The summed E-state index contributed by atoms with van der Waals surface area (Å²) in [5.41, 5.74) is 0.940. The van der Waals surface area contributed by atoms with Gasteiger partial charge in [0.25, 0.3) is 5.91 Å². The fraction of sp³-hybridized carbons (Fsp3) is 0.238. The molecule has 1 atom stereocenters. The molecule has 0 bridgehead atoms. The lowest BCUT2D eigenvalue weighted by Crippen LogP contribution is -2.28. The lowest BCUT2D eigenvalue weighted by atomic mass is 10.1. The summed E-state index contributed by atoms with van der Waals surface area (Å²) in [6.45, 7) is 1.78. The number of halogens is 1. The van der Waals surface area contributed by atoms with Crippen molar-refractivity contribution < 1.29 is 18.7 Å². The van der Waals surface area contributed by atoms with E-state index < -0.39 is 11.9 Å². The molecule has 0 aliphatic rings. The maximum atomic E-state index is 13.0. The van der Waals surface area contributed by atoms with Crippen molar-refractivity contribution in [1.29, 1.82) is 0 Å². The SMILES string of the molecule is COc1ccc(C(=O)CSc2nnc(C(C)NC(=O)c3ccc(F)cc3)n2C)cc1. The molecule has 7 nitrogen and oxygen atoms in total. The van der Waals surface area contributed by atoms with Gasteiger partial charge in [0.15, 0.2) is 16.8 Å². The zero-order chi connectivity index (χ0) is 21.7. The highest BCUT2D eigenvalue weighted by atomic mass is 32.2. The molecule has 3 aromatic rings. The average Bonchev–Trinajstić information content (AvgIpc) is 3.12. The number of ketones is 1. The van der Waals surface area contributed by atoms with Gasteiger partial charge >= 0.3 is 0 Å². The first-order valence-electron chi connectivity index (χ1n) is 9.15. The molecule has 1 unspecified atom stereocenters. The third-order valence-corrected chi connectivity index (χ3v) is 5.47. The van der Waals surface area contributed by atoms with E-state index in [1.54, 1.807) is 49.9 Å². The minimum atomic E-state index is -0.424. The largest absolute Gasteiger partial charge is 0.497 e. The van der Waals surface area contributed by atoms with E-state index in [-0.39, 0.29) is 17.4 Å². The second-order valence-electron chi connectivity index (χ2n) is 6.54. The normalized spacial score (nSPS) is 11.7. The molecular formula is C21H21FN4O3S. The molecule has 0 saturated heterocycles. The summed E-state index contributed by atoms with van der Waals surface area (Å²) < 4.78 is 19.9. The number of carbonyl (C=O) groups excluding carboxylic acids is 2. The van der Waals surface area contributed by atoms with Crippen LogP contribution in [0, 0.1) is 5.82 Å². The first kappa shape index (κ1) is 21.5. The summed E-state index contributed by atoms with van der Waals surface area (Å²) in [6.07, 6.45) is 0. The standard InChI is InChI=1S/C21H21FN4O3S/c1-13(23-20(28)15-4-8-16(22)9-5-15)19-24-25-21(26(19)2)30-12-18(27)14-6-10-17(29-3)11-7-14/h4-11,13H,12H2,1-3H3,(H,23,28). The number of aromatic nitrogens is 3. The fourth-order valence-electron chi connectivity index (χ4n) is 2.77. The minimum Gasteiger partial charge on any atom is -0.497 e. The first-order valence-corrected chi connectivity index (χ1v) is 10.1. The number of hydrogen-bond acceptors (Lipinski definition) is 6. The zero-order valence-electron chi connectivity index (χ0n) is 16.8. The van der Waals surface area contributed by atoms with Crippen LogP contribution in [0.15, 0.2) is 53.7 Å². The van der Waals surface area contributed by atoms with Gasteiger partial charge in [-0.3, -0.25) is 9.59 Å². The van der Waals surface area contributed by atoms with Crippen molar-refractivity contribution in [3.63, 3.8) is 0 Å². The van der Waals surface area contributed by atoms with E-state index in [0.29, 0.717) is 27.9 Å². The van der Waals surface area contributed by atoms with E-state index in [1.807, 2.05) is 0 Å². The Balaban J connectivity index is 1.61. The Hall–Kier alpha value is -3.20. The number of nitrogens with zero attached hydrogens (tertiary/aromatic N) is 3. The smallest absolute Gasteiger partial charge is 0.251 e. The second-order valence-corrected chi connectivity index (χ2v) is 7.48. The number of thioether (sulfide) groups is 1. The topological polar surface area (TPSA) is 86.1 Å². The van der Waals surface area contributed by atoms with Gasteiger partial charge in [0.2, 0.25) is 0 Å². The number of methoxy groups -OCH3 is 1. The number of hydrogen-bond donors (Lipinski definition) is 1. The van der Waals surface area contributed by atoms with Crippen molar-refractivity contribution in [3.8, 4) is 5.75 Å². The van der Waals surface area contributed by atoms with Gasteiger partial charge in [-0.05, 0) is 55.5 Å². The van der Waals surface area contributed by atoms with E-state index in [0.717, 1.165) is 0 Å². The molecule has 9 heteroatoms. The maximum absolute atomic E-state index is 13.0. The van der Waals surface area contributed by atoms with Crippen molar-refractivity contribution in [1.82, 2.24) is 20.1 Å². The third-order valence-electron chi connectivity index (χ3n) is 4.45. The molecule has 1 amide bonds. The number of carbonyl (C=O) groups is 2. The molecule has 1 aromatic heterocycles. The number of nitrogens with one attached hydrogen (secondary N) is 1. The number of ether oxygens (including phenoxy) is 1. The van der Waals surface area contributed by atoms with Gasteiger partial charge in [0, 0.05) is 18.2 Å². The van der Waals surface area contributed by atoms with E-state index in [2.05, 4.69) is 15.5 Å². The van der Waals surface area contributed by atoms with Crippen LogP contribution in [0.5, 0.6) is 5.75 Å². The van der Waals surface area contributed by atoms with Crippen molar-refractivity contribution in [3.05, 3.63) is 71.3 Å². The molecule has 0 aliphatic carbocycles. The summed E-state index contributed by atoms with van der Waals surface area (Å²) in [5.74, 6) is 0.658. The fourth-order valence-corrected chi connectivity index (χ4v) is 3.58. The Labute approximate surface area is 177 Å². The van der Waals surface area contributed by atoms with Crippen molar-refractivity contribution in [2.24, 2.45) is 7.05 Å².